The van der Waals surface area contributed by atoms with E-state index in [0.717, 1.165) is 12.1 Å². The molecular formula is C8H7IN2. The van der Waals surface area contributed by atoms with E-state index in [4.69, 9.17) is 5.73 Å². The zero-order valence-corrected chi connectivity index (χ0v) is 8.00. The Morgan fingerprint density at radius 3 is 3.00 bits per heavy atom. The highest BCUT2D eigenvalue weighted by atomic mass is 127. The van der Waals surface area contributed by atoms with Gasteiger partial charge >= 0.3 is 0 Å². The van der Waals surface area contributed by atoms with E-state index in [9.17, 15) is 0 Å². The van der Waals surface area contributed by atoms with Crippen molar-refractivity contribution in [3.05, 3.63) is 32.9 Å². The van der Waals surface area contributed by atoms with Crippen molar-refractivity contribution in [2.75, 3.05) is 0 Å². The summed E-state index contributed by atoms with van der Waals surface area (Å²) in [4.78, 5) is 4.15. The lowest BCUT2D eigenvalue weighted by atomic mass is 10.1. The van der Waals surface area contributed by atoms with Gasteiger partial charge in [-0.15, -0.1) is 0 Å². The summed E-state index contributed by atoms with van der Waals surface area (Å²) < 4.78 is 1.19. The molecule has 0 fully saturated rings. The third-order valence-corrected chi connectivity index (χ3v) is 2.67. The lowest BCUT2D eigenvalue weighted by Gasteiger charge is -2.00. The molecule has 0 aliphatic carbocycles. The van der Waals surface area contributed by atoms with Crippen LogP contribution in [-0.4, -0.2) is 5.84 Å². The summed E-state index contributed by atoms with van der Waals surface area (Å²) in [6.07, 6.45) is 0. The molecule has 0 aromatic heterocycles. The molecule has 0 saturated heterocycles. The van der Waals surface area contributed by atoms with Crippen molar-refractivity contribution in [2.24, 2.45) is 10.7 Å². The van der Waals surface area contributed by atoms with Gasteiger partial charge in [-0.05, 0) is 34.2 Å². The first-order valence-electron chi connectivity index (χ1n) is 3.37. The molecule has 0 spiro atoms. The fourth-order valence-corrected chi connectivity index (χ4v) is 2.07. The average molecular weight is 258 g/mol. The van der Waals surface area contributed by atoms with E-state index in [1.54, 1.807) is 0 Å². The Hall–Kier alpha value is -0.580. The zero-order chi connectivity index (χ0) is 7.84. The van der Waals surface area contributed by atoms with Gasteiger partial charge in [-0.25, -0.2) is 0 Å². The molecule has 1 heterocycles. The fraction of sp³-hybridized carbons (Fsp3) is 0.125. The van der Waals surface area contributed by atoms with Gasteiger partial charge < -0.3 is 5.73 Å². The molecule has 0 bridgehead atoms. The molecule has 2 nitrogen and oxygen atoms in total. The van der Waals surface area contributed by atoms with Gasteiger partial charge in [0.1, 0.15) is 5.84 Å². The molecule has 1 aliphatic heterocycles. The zero-order valence-electron chi connectivity index (χ0n) is 5.84. The third-order valence-electron chi connectivity index (χ3n) is 1.78. The first-order chi connectivity index (χ1) is 5.29. The van der Waals surface area contributed by atoms with Gasteiger partial charge in [-0.1, -0.05) is 12.1 Å². The Morgan fingerprint density at radius 2 is 2.27 bits per heavy atom. The van der Waals surface area contributed by atoms with Crippen LogP contribution < -0.4 is 5.73 Å². The van der Waals surface area contributed by atoms with Crippen molar-refractivity contribution in [1.29, 1.82) is 0 Å². The first kappa shape index (κ1) is 7.09. The summed E-state index contributed by atoms with van der Waals surface area (Å²) in [5, 5.41) is 0. The summed E-state index contributed by atoms with van der Waals surface area (Å²) in [7, 11) is 0. The molecule has 2 rings (SSSR count). The van der Waals surface area contributed by atoms with Crippen LogP contribution in [0.2, 0.25) is 0 Å². The molecule has 56 valence electrons. The number of nitrogens with zero attached hydrogens (tertiary/aromatic N) is 1. The van der Waals surface area contributed by atoms with Crippen molar-refractivity contribution in [3.63, 3.8) is 0 Å². The molecule has 0 unspecified atom stereocenters. The lowest BCUT2D eigenvalue weighted by Crippen LogP contribution is -2.11. The van der Waals surface area contributed by atoms with Crippen LogP contribution in [0, 0.1) is 3.57 Å². The second-order valence-electron chi connectivity index (χ2n) is 2.48. The number of rotatable bonds is 0. The largest absolute Gasteiger partial charge is 0.383 e. The molecule has 0 atom stereocenters. The molecule has 1 aromatic carbocycles. The van der Waals surface area contributed by atoms with Crippen molar-refractivity contribution >= 4 is 28.4 Å². The second-order valence-corrected chi connectivity index (χ2v) is 3.64. The standard InChI is InChI=1S/C8H7IN2/c9-6-3-1-2-5-4-11-8(10)7(5)6/h1-3H,4H2,(H2,10,11). The summed E-state index contributed by atoms with van der Waals surface area (Å²) in [5.41, 5.74) is 8.07. The van der Waals surface area contributed by atoms with E-state index >= 15 is 0 Å². The number of aliphatic imine (C=N–C) groups is 1. The predicted molar refractivity (Wildman–Crippen MR) is 53.6 cm³/mol. The summed E-state index contributed by atoms with van der Waals surface area (Å²) >= 11 is 2.28. The molecule has 3 heteroatoms. The van der Waals surface area contributed by atoms with E-state index < -0.39 is 0 Å². The van der Waals surface area contributed by atoms with Gasteiger partial charge in [0.05, 0.1) is 6.54 Å². The molecule has 0 amide bonds. The molecule has 11 heavy (non-hydrogen) atoms. The highest BCUT2D eigenvalue weighted by Gasteiger charge is 2.14. The smallest absolute Gasteiger partial charge is 0.127 e. The predicted octanol–water partition coefficient (Wildman–Crippen LogP) is 1.51. The van der Waals surface area contributed by atoms with Crippen molar-refractivity contribution < 1.29 is 0 Å². The van der Waals surface area contributed by atoms with Crippen LogP contribution in [-0.2, 0) is 6.54 Å². The first-order valence-corrected chi connectivity index (χ1v) is 4.44. The molecule has 0 saturated carbocycles. The maximum absolute atomic E-state index is 5.69. The van der Waals surface area contributed by atoms with Crippen molar-refractivity contribution in [2.45, 2.75) is 6.54 Å². The van der Waals surface area contributed by atoms with Crippen LogP contribution in [0.15, 0.2) is 23.2 Å². The van der Waals surface area contributed by atoms with Crippen LogP contribution in [0.25, 0.3) is 0 Å². The number of hydrogen-bond acceptors (Lipinski definition) is 2. The van der Waals surface area contributed by atoms with E-state index in [0.29, 0.717) is 5.84 Å². The number of halogens is 1. The SMILES string of the molecule is NC1=NCc2cccc(I)c21. The van der Waals surface area contributed by atoms with Crippen molar-refractivity contribution in [1.82, 2.24) is 0 Å². The minimum Gasteiger partial charge on any atom is -0.383 e. The molecule has 2 N–H and O–H groups in total. The minimum atomic E-state index is 0.685. The van der Waals surface area contributed by atoms with Gasteiger partial charge in [-0.3, -0.25) is 4.99 Å². The van der Waals surface area contributed by atoms with E-state index in [-0.39, 0.29) is 0 Å². The Balaban J connectivity index is 2.67. The topological polar surface area (TPSA) is 38.4 Å². The van der Waals surface area contributed by atoms with E-state index in [1.165, 1.54) is 9.13 Å². The van der Waals surface area contributed by atoms with Gasteiger partial charge in [0.25, 0.3) is 0 Å². The Morgan fingerprint density at radius 1 is 1.45 bits per heavy atom. The maximum Gasteiger partial charge on any atom is 0.127 e. The fourth-order valence-electron chi connectivity index (χ4n) is 1.24. The minimum absolute atomic E-state index is 0.685. The normalized spacial score (nSPS) is 14.5. The number of hydrogen-bond donors (Lipinski definition) is 1. The number of fused-ring (bicyclic) bond motifs is 1. The lowest BCUT2D eigenvalue weighted by molar-refractivity contribution is 1.10. The van der Waals surface area contributed by atoms with Gasteiger partial charge in [0.2, 0.25) is 0 Å². The van der Waals surface area contributed by atoms with E-state index in [1.807, 2.05) is 12.1 Å². The number of benzene rings is 1. The summed E-state index contributed by atoms with van der Waals surface area (Å²) in [5.74, 6) is 0.685. The van der Waals surface area contributed by atoms with Crippen LogP contribution in [0.5, 0.6) is 0 Å². The third kappa shape index (κ3) is 1.03. The summed E-state index contributed by atoms with van der Waals surface area (Å²) in [6.45, 7) is 0.748. The van der Waals surface area contributed by atoms with Crippen LogP contribution in [0.1, 0.15) is 11.1 Å². The van der Waals surface area contributed by atoms with Gasteiger partial charge in [-0.2, -0.15) is 0 Å². The Kier molecular flexibility index (Phi) is 1.60. The van der Waals surface area contributed by atoms with Crippen LogP contribution in [0.3, 0.4) is 0 Å². The average Bonchev–Trinajstić information content (AvgIpc) is 2.34. The quantitative estimate of drug-likeness (QED) is 0.704. The highest BCUT2D eigenvalue weighted by molar-refractivity contribution is 14.1. The van der Waals surface area contributed by atoms with E-state index in [2.05, 4.69) is 33.6 Å². The van der Waals surface area contributed by atoms with Gasteiger partial charge in [0.15, 0.2) is 0 Å². The Bertz CT molecular complexity index is 331. The number of nitrogens with two attached hydrogens (primary N) is 1. The number of amidine groups is 1. The monoisotopic (exact) mass is 258 g/mol. The van der Waals surface area contributed by atoms with Crippen LogP contribution in [0.4, 0.5) is 0 Å². The highest BCUT2D eigenvalue weighted by Crippen LogP contribution is 2.21. The van der Waals surface area contributed by atoms with Crippen molar-refractivity contribution in [3.8, 4) is 0 Å². The molecular weight excluding hydrogens is 251 g/mol. The van der Waals surface area contributed by atoms with Gasteiger partial charge in [0, 0.05) is 9.13 Å². The molecule has 0 radical (unpaired) electrons. The second kappa shape index (κ2) is 2.48. The molecule has 1 aromatic rings. The summed E-state index contributed by atoms with van der Waals surface area (Å²) in [6, 6.07) is 6.16. The van der Waals surface area contributed by atoms with Crippen LogP contribution >= 0.6 is 22.6 Å². The molecule has 1 aliphatic rings. The maximum atomic E-state index is 5.69. The Labute approximate surface area is 78.7 Å².